The van der Waals surface area contributed by atoms with Crippen LogP contribution in [-0.2, 0) is 0 Å². The molecule has 0 N–H and O–H groups in total. The first-order valence-electron chi connectivity index (χ1n) is 4.38. The molecule has 0 radical (unpaired) electrons. The molecule has 0 aliphatic carbocycles. The second kappa shape index (κ2) is 3.74. The molecule has 0 bridgehead atoms. The van der Waals surface area contributed by atoms with Crippen LogP contribution in [0.15, 0.2) is 18.2 Å². The second-order valence-electron chi connectivity index (χ2n) is 3.05. The van der Waals surface area contributed by atoms with Gasteiger partial charge in [0.05, 0.1) is 0 Å². The molecule has 0 amide bonds. The van der Waals surface area contributed by atoms with Crippen LogP contribution in [0, 0.1) is 3.57 Å². The van der Waals surface area contributed by atoms with E-state index in [1.165, 1.54) is 3.57 Å². The summed E-state index contributed by atoms with van der Waals surface area (Å²) in [7, 11) is 0. The highest BCUT2D eigenvalue weighted by molar-refractivity contribution is 14.1. The van der Waals surface area contributed by atoms with Crippen molar-refractivity contribution in [3.05, 3.63) is 21.8 Å². The molecule has 0 spiro atoms. The number of benzene rings is 1. The van der Waals surface area contributed by atoms with Crippen LogP contribution in [0.5, 0.6) is 11.5 Å². The molecule has 1 atom stereocenters. The fraction of sp³-hybridized carbons (Fsp3) is 0.400. The summed E-state index contributed by atoms with van der Waals surface area (Å²) < 4.78 is 12.5. The van der Waals surface area contributed by atoms with Gasteiger partial charge >= 0.3 is 0 Å². The van der Waals surface area contributed by atoms with Crippen molar-refractivity contribution in [2.24, 2.45) is 0 Å². The van der Waals surface area contributed by atoms with Crippen LogP contribution in [0.1, 0.15) is 13.3 Å². The smallest absolute Gasteiger partial charge is 0.162 e. The highest BCUT2D eigenvalue weighted by Gasteiger charge is 2.18. The lowest BCUT2D eigenvalue weighted by Gasteiger charge is -2.25. The Morgan fingerprint density at radius 2 is 2.31 bits per heavy atom. The van der Waals surface area contributed by atoms with Crippen molar-refractivity contribution in [3.63, 3.8) is 0 Å². The van der Waals surface area contributed by atoms with Gasteiger partial charge in [-0.1, -0.05) is 6.92 Å². The van der Waals surface area contributed by atoms with Gasteiger partial charge in [0.1, 0.15) is 12.7 Å². The van der Waals surface area contributed by atoms with E-state index in [0.29, 0.717) is 6.61 Å². The lowest BCUT2D eigenvalue weighted by Crippen LogP contribution is -2.28. The molecular weight excluding hydrogens is 279 g/mol. The second-order valence-corrected chi connectivity index (χ2v) is 4.30. The summed E-state index contributed by atoms with van der Waals surface area (Å²) in [5.74, 6) is 1.75. The van der Waals surface area contributed by atoms with Crippen LogP contribution in [-0.4, -0.2) is 12.7 Å². The molecule has 0 saturated carbocycles. The number of hydrogen-bond acceptors (Lipinski definition) is 2. The normalized spacial score (nSPS) is 20.0. The van der Waals surface area contributed by atoms with Crippen molar-refractivity contribution >= 4 is 22.6 Å². The third-order valence-corrected chi connectivity index (χ3v) is 2.75. The summed E-state index contributed by atoms with van der Waals surface area (Å²) in [6.07, 6.45) is 1.20. The SMILES string of the molecule is CCC1COc2ccc(I)cc2O1. The maximum Gasteiger partial charge on any atom is 0.162 e. The summed E-state index contributed by atoms with van der Waals surface area (Å²) in [6.45, 7) is 2.77. The van der Waals surface area contributed by atoms with E-state index in [0.717, 1.165) is 17.9 Å². The Bertz CT molecular complexity index is 312. The number of halogens is 1. The van der Waals surface area contributed by atoms with Crippen LogP contribution in [0.2, 0.25) is 0 Å². The predicted molar refractivity (Wildman–Crippen MR) is 59.4 cm³/mol. The molecular formula is C10H11IO2. The maximum absolute atomic E-state index is 5.73. The van der Waals surface area contributed by atoms with E-state index in [1.807, 2.05) is 18.2 Å². The molecule has 1 aliphatic rings. The Morgan fingerprint density at radius 1 is 1.46 bits per heavy atom. The third-order valence-electron chi connectivity index (χ3n) is 2.08. The van der Waals surface area contributed by atoms with E-state index < -0.39 is 0 Å². The minimum atomic E-state index is 0.214. The van der Waals surface area contributed by atoms with Crippen molar-refractivity contribution in [1.29, 1.82) is 0 Å². The largest absolute Gasteiger partial charge is 0.486 e. The van der Waals surface area contributed by atoms with Crippen LogP contribution in [0.4, 0.5) is 0 Å². The van der Waals surface area contributed by atoms with E-state index in [-0.39, 0.29) is 6.10 Å². The Kier molecular flexibility index (Phi) is 2.62. The van der Waals surface area contributed by atoms with Gasteiger partial charge in [0.25, 0.3) is 0 Å². The van der Waals surface area contributed by atoms with Crippen molar-refractivity contribution < 1.29 is 9.47 Å². The molecule has 1 aromatic carbocycles. The zero-order chi connectivity index (χ0) is 9.26. The van der Waals surface area contributed by atoms with E-state index in [4.69, 9.17) is 9.47 Å². The fourth-order valence-electron chi connectivity index (χ4n) is 1.29. The van der Waals surface area contributed by atoms with E-state index >= 15 is 0 Å². The van der Waals surface area contributed by atoms with Gasteiger partial charge in [0.2, 0.25) is 0 Å². The van der Waals surface area contributed by atoms with Gasteiger partial charge in [0, 0.05) is 3.57 Å². The first-order valence-corrected chi connectivity index (χ1v) is 5.46. The van der Waals surface area contributed by atoms with Gasteiger partial charge in [-0.15, -0.1) is 0 Å². The minimum Gasteiger partial charge on any atom is -0.486 e. The summed E-state index contributed by atoms with van der Waals surface area (Å²) in [6, 6.07) is 6.00. The van der Waals surface area contributed by atoms with Gasteiger partial charge in [-0.3, -0.25) is 0 Å². The molecule has 1 aliphatic heterocycles. The van der Waals surface area contributed by atoms with Gasteiger partial charge in [-0.05, 0) is 47.2 Å². The van der Waals surface area contributed by atoms with Gasteiger partial charge in [-0.2, -0.15) is 0 Å². The van der Waals surface area contributed by atoms with Crippen molar-refractivity contribution in [2.75, 3.05) is 6.61 Å². The Balaban J connectivity index is 2.27. The van der Waals surface area contributed by atoms with Crippen molar-refractivity contribution in [2.45, 2.75) is 19.4 Å². The monoisotopic (exact) mass is 290 g/mol. The van der Waals surface area contributed by atoms with Crippen LogP contribution >= 0.6 is 22.6 Å². The zero-order valence-corrected chi connectivity index (χ0v) is 9.58. The lowest BCUT2D eigenvalue weighted by atomic mass is 10.2. The highest BCUT2D eigenvalue weighted by atomic mass is 127. The Hall–Kier alpha value is -0.450. The molecule has 0 saturated heterocycles. The zero-order valence-electron chi connectivity index (χ0n) is 7.42. The number of hydrogen-bond donors (Lipinski definition) is 0. The molecule has 70 valence electrons. The first-order chi connectivity index (χ1) is 6.29. The summed E-state index contributed by atoms with van der Waals surface area (Å²) >= 11 is 2.27. The lowest BCUT2D eigenvalue weighted by molar-refractivity contribution is 0.0883. The topological polar surface area (TPSA) is 18.5 Å². The highest BCUT2D eigenvalue weighted by Crippen LogP contribution is 2.33. The molecule has 3 heteroatoms. The Labute approximate surface area is 91.4 Å². The average molecular weight is 290 g/mol. The molecule has 13 heavy (non-hydrogen) atoms. The summed E-state index contributed by atoms with van der Waals surface area (Å²) in [5.41, 5.74) is 0. The number of rotatable bonds is 1. The van der Waals surface area contributed by atoms with Gasteiger partial charge in [0.15, 0.2) is 11.5 Å². The molecule has 2 nitrogen and oxygen atoms in total. The quantitative estimate of drug-likeness (QED) is 0.740. The van der Waals surface area contributed by atoms with E-state index in [2.05, 4.69) is 29.5 Å². The first kappa shape index (κ1) is 9.12. The number of fused-ring (bicyclic) bond motifs is 1. The molecule has 1 heterocycles. The van der Waals surface area contributed by atoms with Gasteiger partial charge < -0.3 is 9.47 Å². The molecule has 0 aromatic heterocycles. The molecule has 0 fully saturated rings. The third kappa shape index (κ3) is 1.90. The summed E-state index contributed by atoms with van der Waals surface area (Å²) in [4.78, 5) is 0. The molecule has 2 rings (SSSR count). The fourth-order valence-corrected chi connectivity index (χ4v) is 1.75. The van der Waals surface area contributed by atoms with Gasteiger partial charge in [-0.25, -0.2) is 0 Å². The number of ether oxygens (including phenoxy) is 2. The predicted octanol–water partition coefficient (Wildman–Crippen LogP) is 2.84. The van der Waals surface area contributed by atoms with Crippen LogP contribution < -0.4 is 9.47 Å². The van der Waals surface area contributed by atoms with E-state index in [9.17, 15) is 0 Å². The van der Waals surface area contributed by atoms with Crippen molar-refractivity contribution in [3.8, 4) is 11.5 Å². The minimum absolute atomic E-state index is 0.214. The van der Waals surface area contributed by atoms with Crippen LogP contribution in [0.3, 0.4) is 0 Å². The average Bonchev–Trinajstić information content (AvgIpc) is 2.16. The van der Waals surface area contributed by atoms with Crippen molar-refractivity contribution in [1.82, 2.24) is 0 Å². The van der Waals surface area contributed by atoms with Crippen LogP contribution in [0.25, 0.3) is 0 Å². The van der Waals surface area contributed by atoms with E-state index in [1.54, 1.807) is 0 Å². The standard InChI is InChI=1S/C10H11IO2/c1-2-8-6-12-9-4-3-7(11)5-10(9)13-8/h3-5,8H,2,6H2,1H3. The molecule has 1 unspecified atom stereocenters. The Morgan fingerprint density at radius 3 is 3.08 bits per heavy atom. The maximum atomic E-state index is 5.73. The summed E-state index contributed by atoms with van der Waals surface area (Å²) in [5, 5.41) is 0. The molecule has 1 aromatic rings.